The first kappa shape index (κ1) is 28.2. The van der Waals surface area contributed by atoms with Crippen LogP contribution in [-0.4, -0.2) is 79.2 Å². The Morgan fingerprint density at radius 3 is 2.51 bits per heavy atom. The van der Waals surface area contributed by atoms with Gasteiger partial charge in [-0.1, -0.05) is 12.2 Å². The fourth-order valence-electron chi connectivity index (χ4n) is 4.73. The summed E-state index contributed by atoms with van der Waals surface area (Å²) in [5.74, 6) is -1.69. The monoisotopic (exact) mass is 518 g/mol. The number of hydrogen-bond acceptors (Lipinski definition) is 9. The fraction of sp³-hybridized carbons (Fsp3) is 0.654. The third kappa shape index (κ3) is 7.80. The number of allylic oxidation sites excluding steroid dienone is 2. The van der Waals surface area contributed by atoms with Crippen LogP contribution in [0.4, 0.5) is 0 Å². The van der Waals surface area contributed by atoms with Crippen LogP contribution < -0.4 is 19.5 Å². The Kier molecular flexibility index (Phi) is 10.5. The van der Waals surface area contributed by atoms with E-state index in [1.165, 1.54) is 20.3 Å². The van der Waals surface area contributed by atoms with E-state index in [4.69, 9.17) is 18.9 Å². The summed E-state index contributed by atoms with van der Waals surface area (Å²) < 4.78 is 21.6. The van der Waals surface area contributed by atoms with Gasteiger partial charge in [0.2, 0.25) is 23.6 Å². The minimum atomic E-state index is -0.786. The number of nitrogens with one attached hydrogen (secondary N) is 1. The summed E-state index contributed by atoms with van der Waals surface area (Å²) >= 11 is 0. The van der Waals surface area contributed by atoms with Gasteiger partial charge in [0, 0.05) is 13.6 Å². The predicted molar refractivity (Wildman–Crippen MR) is 134 cm³/mol. The maximum atomic E-state index is 13.5. The molecule has 1 N–H and O–H groups in total. The van der Waals surface area contributed by atoms with Gasteiger partial charge in [-0.15, -0.1) is 0 Å². The molecule has 1 aromatic heterocycles. The van der Waals surface area contributed by atoms with Crippen LogP contribution in [0.15, 0.2) is 18.2 Å². The first-order valence-electron chi connectivity index (χ1n) is 12.9. The molecule has 2 amide bonds. The summed E-state index contributed by atoms with van der Waals surface area (Å²) in [6.45, 7) is 2.56. The number of carbonyl (C=O) groups is 3. The first-order chi connectivity index (χ1) is 17.9. The molecule has 0 aromatic carbocycles. The zero-order chi connectivity index (χ0) is 26.8. The minimum Gasteiger partial charge on any atom is -0.481 e. The van der Waals surface area contributed by atoms with Crippen LogP contribution in [0, 0.1) is 11.8 Å². The summed E-state index contributed by atoms with van der Waals surface area (Å²) in [6, 6.07) is 0.828. The molecule has 4 unspecified atom stereocenters. The van der Waals surface area contributed by atoms with E-state index in [1.54, 1.807) is 18.9 Å². The Morgan fingerprint density at radius 1 is 1.05 bits per heavy atom. The molecule has 0 bridgehead atoms. The lowest BCUT2D eigenvalue weighted by Gasteiger charge is -2.25. The van der Waals surface area contributed by atoms with E-state index in [0.29, 0.717) is 32.2 Å². The van der Waals surface area contributed by atoms with Crippen molar-refractivity contribution >= 4 is 17.8 Å². The highest BCUT2D eigenvalue weighted by Gasteiger charge is 2.45. The van der Waals surface area contributed by atoms with Crippen molar-refractivity contribution in [2.45, 2.75) is 64.0 Å². The molecule has 204 valence electrons. The largest absolute Gasteiger partial charge is 0.481 e. The molecule has 37 heavy (non-hydrogen) atoms. The van der Waals surface area contributed by atoms with Gasteiger partial charge in [0.25, 0.3) is 0 Å². The average Bonchev–Trinajstić information content (AvgIpc) is 3.31. The van der Waals surface area contributed by atoms with Crippen molar-refractivity contribution in [1.82, 2.24) is 20.2 Å². The van der Waals surface area contributed by atoms with Gasteiger partial charge >= 0.3 is 12.0 Å². The Hall–Kier alpha value is -3.37. The maximum Gasteiger partial charge on any atom is 0.328 e. The molecule has 11 nitrogen and oxygen atoms in total. The zero-order valence-electron chi connectivity index (χ0n) is 22.1. The van der Waals surface area contributed by atoms with Gasteiger partial charge in [-0.3, -0.25) is 9.59 Å². The van der Waals surface area contributed by atoms with Crippen molar-refractivity contribution in [2.24, 2.45) is 11.8 Å². The molecule has 2 heterocycles. The molecule has 1 aliphatic carbocycles. The summed E-state index contributed by atoms with van der Waals surface area (Å²) in [4.78, 5) is 49.5. The molecule has 2 aliphatic rings. The second-order valence-corrected chi connectivity index (χ2v) is 9.28. The van der Waals surface area contributed by atoms with Gasteiger partial charge in [0.05, 0.1) is 38.7 Å². The van der Waals surface area contributed by atoms with Gasteiger partial charge in [-0.25, -0.2) is 4.79 Å². The Labute approximate surface area is 217 Å². The number of rotatable bonds is 6. The molecule has 1 saturated carbocycles. The van der Waals surface area contributed by atoms with Crippen LogP contribution in [0.1, 0.15) is 51.9 Å². The Bertz CT molecular complexity index is 948. The van der Waals surface area contributed by atoms with E-state index >= 15 is 0 Å². The second kappa shape index (κ2) is 13.8. The lowest BCUT2D eigenvalue weighted by atomic mass is 9.93. The lowest BCUT2D eigenvalue weighted by Crippen LogP contribution is -2.47. The molecule has 11 heteroatoms. The van der Waals surface area contributed by atoms with Gasteiger partial charge in [-0.05, 0) is 51.9 Å². The highest BCUT2D eigenvalue weighted by Crippen LogP contribution is 2.36. The normalized spacial score (nSPS) is 25.4. The van der Waals surface area contributed by atoms with E-state index in [-0.39, 0.29) is 36.2 Å². The SMILES string of the molecule is CCOC(=O)C1CCC=CCCCCN(C)C(=O)C2CC(Oc3cc(OC)nc(OC)n3)CC2C(=O)N1. The van der Waals surface area contributed by atoms with Crippen molar-refractivity contribution in [3.8, 4) is 17.8 Å². The van der Waals surface area contributed by atoms with Crippen molar-refractivity contribution < 1.29 is 33.3 Å². The number of ether oxygens (including phenoxy) is 4. The van der Waals surface area contributed by atoms with E-state index in [9.17, 15) is 14.4 Å². The Balaban J connectivity index is 1.84. The summed E-state index contributed by atoms with van der Waals surface area (Å²) in [5.41, 5.74) is 0. The van der Waals surface area contributed by atoms with Crippen molar-refractivity contribution in [3.63, 3.8) is 0 Å². The third-order valence-corrected chi connectivity index (χ3v) is 6.68. The molecule has 1 fully saturated rings. The van der Waals surface area contributed by atoms with E-state index < -0.39 is 30.0 Å². The van der Waals surface area contributed by atoms with Crippen LogP contribution in [0.25, 0.3) is 0 Å². The fourth-order valence-corrected chi connectivity index (χ4v) is 4.73. The molecular formula is C26H38N4O7. The van der Waals surface area contributed by atoms with Crippen molar-refractivity contribution in [1.29, 1.82) is 0 Å². The number of esters is 1. The summed E-state index contributed by atoms with van der Waals surface area (Å²) in [6.07, 6.45) is 8.05. The molecule has 3 rings (SSSR count). The van der Waals surface area contributed by atoms with Gasteiger partial charge in [0.1, 0.15) is 12.1 Å². The second-order valence-electron chi connectivity index (χ2n) is 9.28. The molecule has 1 aliphatic heterocycles. The van der Waals surface area contributed by atoms with Crippen LogP contribution in [0.2, 0.25) is 0 Å². The van der Waals surface area contributed by atoms with E-state index in [2.05, 4.69) is 21.4 Å². The quantitative estimate of drug-likeness (QED) is 0.445. The lowest BCUT2D eigenvalue weighted by molar-refractivity contribution is -0.148. The minimum absolute atomic E-state index is 0.0850. The molecular weight excluding hydrogens is 480 g/mol. The number of amides is 2. The maximum absolute atomic E-state index is 13.5. The zero-order valence-corrected chi connectivity index (χ0v) is 22.1. The first-order valence-corrected chi connectivity index (χ1v) is 12.9. The third-order valence-electron chi connectivity index (χ3n) is 6.68. The van der Waals surface area contributed by atoms with E-state index in [0.717, 1.165) is 19.3 Å². The molecule has 4 atom stereocenters. The number of fused-ring (bicyclic) bond motifs is 1. The Morgan fingerprint density at radius 2 is 1.78 bits per heavy atom. The molecule has 0 spiro atoms. The van der Waals surface area contributed by atoms with Crippen LogP contribution >= 0.6 is 0 Å². The van der Waals surface area contributed by atoms with Crippen LogP contribution in [-0.2, 0) is 19.1 Å². The standard InChI is InChI=1S/C26H38N4O7/c1-5-36-25(33)20-12-10-8-6-7-9-11-13-30(2)24(32)19-15-17(14-18(19)23(31)27-20)37-22-16-21(34-3)28-26(29-22)35-4/h6,8,16-20H,5,7,9-15H2,1-4H3,(H,27,31). The van der Waals surface area contributed by atoms with Crippen molar-refractivity contribution in [2.75, 3.05) is 34.4 Å². The highest BCUT2D eigenvalue weighted by molar-refractivity contribution is 5.91. The van der Waals surface area contributed by atoms with Gasteiger partial charge in [-0.2, -0.15) is 9.97 Å². The topological polar surface area (TPSA) is 129 Å². The van der Waals surface area contributed by atoms with Crippen molar-refractivity contribution in [3.05, 3.63) is 18.2 Å². The number of aromatic nitrogens is 2. The smallest absolute Gasteiger partial charge is 0.328 e. The summed E-state index contributed by atoms with van der Waals surface area (Å²) in [5, 5.41) is 2.86. The van der Waals surface area contributed by atoms with E-state index in [1.807, 2.05) is 6.08 Å². The van der Waals surface area contributed by atoms with Gasteiger partial charge in [0.15, 0.2) is 0 Å². The average molecular weight is 519 g/mol. The number of hydrogen-bond donors (Lipinski definition) is 1. The van der Waals surface area contributed by atoms with Crippen LogP contribution in [0.5, 0.6) is 17.8 Å². The molecule has 0 saturated heterocycles. The highest BCUT2D eigenvalue weighted by atomic mass is 16.5. The summed E-state index contributed by atoms with van der Waals surface area (Å²) in [7, 11) is 4.68. The van der Waals surface area contributed by atoms with Gasteiger partial charge < -0.3 is 29.2 Å². The molecule has 1 aromatic rings. The van der Waals surface area contributed by atoms with Crippen LogP contribution in [0.3, 0.4) is 0 Å². The number of methoxy groups -OCH3 is 2. The predicted octanol–water partition coefficient (Wildman–Crippen LogP) is 2.29. The number of carbonyl (C=O) groups excluding carboxylic acids is 3. The molecule has 0 radical (unpaired) electrons. The number of nitrogens with zero attached hydrogens (tertiary/aromatic N) is 3.